The summed E-state index contributed by atoms with van der Waals surface area (Å²) in [7, 11) is 0. The molecule has 84 valence electrons. The summed E-state index contributed by atoms with van der Waals surface area (Å²) in [6.07, 6.45) is 1.55. The Balaban J connectivity index is 1.89. The molecule has 2 rings (SSSR count). The van der Waals surface area contributed by atoms with E-state index in [1.807, 2.05) is 0 Å². The van der Waals surface area contributed by atoms with Crippen LogP contribution in [-0.2, 0) is 9.59 Å². The van der Waals surface area contributed by atoms with Crippen LogP contribution >= 0.6 is 0 Å². The molecule has 0 aromatic rings. The number of likely N-dealkylation sites (tertiary alicyclic amines) is 1. The number of carbonyl (C=O) groups is 2. The molecule has 1 aliphatic carbocycles. The molecule has 2 fully saturated rings. The number of aliphatic hydroxyl groups excluding tert-OH is 1. The zero-order chi connectivity index (χ0) is 11.0. The highest BCUT2D eigenvalue weighted by Crippen LogP contribution is 2.40. The Bertz CT molecular complexity index is 291. The van der Waals surface area contributed by atoms with Gasteiger partial charge in [-0.05, 0) is 19.3 Å². The normalized spacial score (nSPS) is 35.0. The Labute approximate surface area is 87.7 Å². The lowest BCUT2D eigenvalue weighted by molar-refractivity contribution is -0.142. The van der Waals surface area contributed by atoms with E-state index in [2.05, 4.69) is 0 Å². The zero-order valence-electron chi connectivity index (χ0n) is 8.43. The second kappa shape index (κ2) is 3.81. The Morgan fingerprint density at radius 3 is 2.53 bits per heavy atom. The molecule has 2 aliphatic rings. The minimum Gasteiger partial charge on any atom is -0.481 e. The third-order valence-electron chi connectivity index (χ3n) is 3.13. The first kappa shape index (κ1) is 10.4. The van der Waals surface area contributed by atoms with Crippen LogP contribution in [0.4, 0.5) is 0 Å². The van der Waals surface area contributed by atoms with E-state index in [0.717, 1.165) is 12.8 Å². The number of carboxylic acids is 1. The lowest BCUT2D eigenvalue weighted by Crippen LogP contribution is -2.43. The van der Waals surface area contributed by atoms with Crippen LogP contribution in [0.1, 0.15) is 19.3 Å². The van der Waals surface area contributed by atoms with Crippen molar-refractivity contribution >= 4 is 11.9 Å². The average Bonchev–Trinajstić information content (AvgIpc) is 2.96. The van der Waals surface area contributed by atoms with Crippen LogP contribution in [0.25, 0.3) is 0 Å². The Morgan fingerprint density at radius 1 is 1.27 bits per heavy atom. The van der Waals surface area contributed by atoms with Gasteiger partial charge in [0.2, 0.25) is 5.91 Å². The number of carboxylic acid groups (broad SMARTS) is 1. The predicted octanol–water partition coefficient (Wildman–Crippen LogP) is -0.310. The highest BCUT2D eigenvalue weighted by molar-refractivity contribution is 5.89. The van der Waals surface area contributed by atoms with Gasteiger partial charge >= 0.3 is 5.97 Å². The third kappa shape index (κ3) is 2.12. The maximum Gasteiger partial charge on any atom is 0.307 e. The zero-order valence-corrected chi connectivity index (χ0v) is 8.43. The lowest BCUT2D eigenvalue weighted by atomic mass is 10.1. The van der Waals surface area contributed by atoms with Gasteiger partial charge in [-0.1, -0.05) is 0 Å². The van der Waals surface area contributed by atoms with Gasteiger partial charge in [0, 0.05) is 13.1 Å². The van der Waals surface area contributed by atoms with Crippen molar-refractivity contribution in [1.82, 2.24) is 4.90 Å². The summed E-state index contributed by atoms with van der Waals surface area (Å²) < 4.78 is 0. The van der Waals surface area contributed by atoms with Crippen LogP contribution < -0.4 is 0 Å². The molecular formula is C10H15NO4. The topological polar surface area (TPSA) is 77.8 Å². The average molecular weight is 213 g/mol. The van der Waals surface area contributed by atoms with Crippen molar-refractivity contribution in [1.29, 1.82) is 0 Å². The van der Waals surface area contributed by atoms with E-state index in [4.69, 9.17) is 5.11 Å². The van der Waals surface area contributed by atoms with Gasteiger partial charge in [0.25, 0.3) is 0 Å². The van der Waals surface area contributed by atoms with E-state index < -0.39 is 18.0 Å². The van der Waals surface area contributed by atoms with Crippen molar-refractivity contribution in [3.05, 3.63) is 0 Å². The van der Waals surface area contributed by atoms with Crippen LogP contribution in [0, 0.1) is 11.8 Å². The molecule has 0 spiro atoms. The minimum atomic E-state index is -0.883. The molecule has 0 aromatic heterocycles. The summed E-state index contributed by atoms with van der Waals surface area (Å²) in [5, 5.41) is 18.1. The highest BCUT2D eigenvalue weighted by Gasteiger charge is 2.50. The molecule has 1 amide bonds. The van der Waals surface area contributed by atoms with E-state index in [1.165, 1.54) is 0 Å². The monoisotopic (exact) mass is 213 g/mol. The van der Waals surface area contributed by atoms with Gasteiger partial charge in [-0.3, -0.25) is 9.59 Å². The summed E-state index contributed by atoms with van der Waals surface area (Å²) in [5.41, 5.74) is 0. The molecule has 3 unspecified atom stereocenters. The molecule has 0 bridgehead atoms. The molecule has 5 nitrogen and oxygen atoms in total. The smallest absolute Gasteiger partial charge is 0.307 e. The Morgan fingerprint density at radius 2 is 2.00 bits per heavy atom. The maximum atomic E-state index is 11.8. The molecule has 1 saturated carbocycles. The lowest BCUT2D eigenvalue weighted by Gasteiger charge is -2.30. The molecule has 0 radical (unpaired) electrons. The first-order valence-corrected chi connectivity index (χ1v) is 5.29. The van der Waals surface area contributed by atoms with Crippen LogP contribution in [-0.4, -0.2) is 46.2 Å². The van der Waals surface area contributed by atoms with Crippen LogP contribution in [0.5, 0.6) is 0 Å². The fourth-order valence-electron chi connectivity index (χ4n) is 2.13. The van der Waals surface area contributed by atoms with Crippen LogP contribution in [0.3, 0.4) is 0 Å². The van der Waals surface area contributed by atoms with Gasteiger partial charge in [0.05, 0.1) is 17.9 Å². The maximum absolute atomic E-state index is 11.8. The summed E-state index contributed by atoms with van der Waals surface area (Å²) in [4.78, 5) is 24.0. The number of aliphatic carboxylic acids is 1. The van der Waals surface area contributed by atoms with Crippen molar-refractivity contribution in [2.45, 2.75) is 25.4 Å². The van der Waals surface area contributed by atoms with Crippen LogP contribution in [0.15, 0.2) is 0 Å². The molecule has 5 heteroatoms. The van der Waals surface area contributed by atoms with Crippen molar-refractivity contribution in [2.24, 2.45) is 11.8 Å². The summed E-state index contributed by atoms with van der Waals surface area (Å²) in [5.74, 6) is -1.81. The first-order chi connectivity index (χ1) is 7.09. The van der Waals surface area contributed by atoms with Gasteiger partial charge in [-0.2, -0.15) is 0 Å². The van der Waals surface area contributed by atoms with Crippen molar-refractivity contribution in [3.8, 4) is 0 Å². The first-order valence-electron chi connectivity index (χ1n) is 5.29. The number of carbonyl (C=O) groups excluding carboxylic acids is 1. The van der Waals surface area contributed by atoms with Gasteiger partial charge in [-0.25, -0.2) is 0 Å². The summed E-state index contributed by atoms with van der Waals surface area (Å²) >= 11 is 0. The van der Waals surface area contributed by atoms with E-state index in [1.54, 1.807) is 4.90 Å². The standard InChI is InChI=1S/C10H15NO4/c12-6-2-1-3-11(5-6)9(13)7-4-8(7)10(14)15/h6-8,12H,1-5H2,(H,14,15). The fourth-order valence-corrected chi connectivity index (χ4v) is 2.13. The summed E-state index contributed by atoms with van der Waals surface area (Å²) in [6.45, 7) is 1.01. The van der Waals surface area contributed by atoms with Gasteiger partial charge < -0.3 is 15.1 Å². The number of piperidine rings is 1. The fraction of sp³-hybridized carbons (Fsp3) is 0.800. The molecule has 0 aromatic carbocycles. The molecule has 1 saturated heterocycles. The molecule has 1 heterocycles. The molecule has 15 heavy (non-hydrogen) atoms. The summed E-state index contributed by atoms with van der Waals surface area (Å²) in [6, 6.07) is 0. The largest absolute Gasteiger partial charge is 0.481 e. The number of nitrogens with zero attached hydrogens (tertiary/aromatic N) is 1. The number of aliphatic hydroxyl groups is 1. The second-order valence-corrected chi connectivity index (χ2v) is 4.37. The molecule has 3 atom stereocenters. The van der Waals surface area contributed by atoms with Crippen molar-refractivity contribution in [2.75, 3.05) is 13.1 Å². The third-order valence-corrected chi connectivity index (χ3v) is 3.13. The van der Waals surface area contributed by atoms with E-state index in [-0.39, 0.29) is 11.8 Å². The number of hydrogen-bond donors (Lipinski definition) is 2. The van der Waals surface area contributed by atoms with Gasteiger partial charge in [0.1, 0.15) is 0 Å². The number of hydrogen-bond acceptors (Lipinski definition) is 3. The van der Waals surface area contributed by atoms with Crippen molar-refractivity contribution in [3.63, 3.8) is 0 Å². The molecule has 2 N–H and O–H groups in total. The SMILES string of the molecule is O=C(O)C1CC1C(=O)N1CCCC(O)C1. The van der Waals surface area contributed by atoms with Gasteiger partial charge in [0.15, 0.2) is 0 Å². The van der Waals surface area contributed by atoms with Crippen molar-refractivity contribution < 1.29 is 19.8 Å². The van der Waals surface area contributed by atoms with E-state index in [0.29, 0.717) is 19.5 Å². The Kier molecular flexibility index (Phi) is 2.65. The quantitative estimate of drug-likeness (QED) is 0.659. The van der Waals surface area contributed by atoms with Gasteiger partial charge in [-0.15, -0.1) is 0 Å². The van der Waals surface area contributed by atoms with Crippen LogP contribution in [0.2, 0.25) is 0 Å². The highest BCUT2D eigenvalue weighted by atomic mass is 16.4. The minimum absolute atomic E-state index is 0.0962. The van der Waals surface area contributed by atoms with E-state index >= 15 is 0 Å². The second-order valence-electron chi connectivity index (χ2n) is 4.37. The molecular weight excluding hydrogens is 198 g/mol. The van der Waals surface area contributed by atoms with E-state index in [9.17, 15) is 14.7 Å². The predicted molar refractivity (Wildman–Crippen MR) is 51.1 cm³/mol. The Hall–Kier alpha value is -1.10. The number of β-amino-alcohol motifs (C(OH)–C–C–N with tert-alkyl or cyclic N) is 1. The number of amides is 1. The molecule has 1 aliphatic heterocycles. The number of rotatable bonds is 2.